The molecular formula is C17H18FIN4O5S. The van der Waals surface area contributed by atoms with Crippen LogP contribution in [0.3, 0.4) is 0 Å². The van der Waals surface area contributed by atoms with Gasteiger partial charge in [-0.25, -0.2) is 4.39 Å². The smallest absolute Gasteiger partial charge is 0.299 e. The van der Waals surface area contributed by atoms with Crippen LogP contribution < -0.4 is 24.8 Å². The summed E-state index contributed by atoms with van der Waals surface area (Å²) in [5.41, 5.74) is 1.00. The molecule has 0 aromatic heterocycles. The molecule has 2 aromatic rings. The molecule has 1 aliphatic heterocycles. The molecular weight excluding hydrogens is 518 g/mol. The zero-order valence-electron chi connectivity index (χ0n) is 15.2. The maximum Gasteiger partial charge on any atom is 0.299 e. The van der Waals surface area contributed by atoms with E-state index in [9.17, 15) is 17.6 Å². The second kappa shape index (κ2) is 8.69. The number of benzene rings is 2. The third kappa shape index (κ3) is 4.71. The van der Waals surface area contributed by atoms with E-state index in [-0.39, 0.29) is 48.4 Å². The van der Waals surface area contributed by atoms with Gasteiger partial charge in [-0.05, 0) is 46.9 Å². The number of ether oxygens (including phenoxy) is 1. The molecule has 0 aliphatic carbocycles. The fourth-order valence-electron chi connectivity index (χ4n) is 2.85. The fourth-order valence-corrected chi connectivity index (χ4v) is 4.21. The zero-order chi connectivity index (χ0) is 21.2. The van der Waals surface area contributed by atoms with E-state index >= 15 is 0 Å². The van der Waals surface area contributed by atoms with E-state index in [4.69, 9.17) is 9.84 Å². The van der Waals surface area contributed by atoms with Crippen LogP contribution in [0.2, 0.25) is 0 Å². The number of rotatable bonds is 8. The lowest BCUT2D eigenvalue weighted by Gasteiger charge is -2.20. The lowest BCUT2D eigenvalue weighted by Crippen LogP contribution is -2.32. The Hall–Kier alpha value is -2.16. The molecule has 0 bridgehead atoms. The van der Waals surface area contributed by atoms with Crippen LogP contribution in [-0.2, 0) is 16.8 Å². The molecule has 0 radical (unpaired) electrons. The summed E-state index contributed by atoms with van der Waals surface area (Å²) in [6.45, 7) is -0.426. The van der Waals surface area contributed by atoms with E-state index in [1.807, 2.05) is 22.6 Å². The van der Waals surface area contributed by atoms with Crippen molar-refractivity contribution >= 4 is 55.8 Å². The Kier molecular flexibility index (Phi) is 6.45. The van der Waals surface area contributed by atoms with Gasteiger partial charge in [0.05, 0.1) is 30.7 Å². The predicted octanol–water partition coefficient (Wildman–Crippen LogP) is 1.66. The topological polar surface area (TPSA) is 129 Å². The highest BCUT2D eigenvalue weighted by Gasteiger charge is 2.29. The van der Waals surface area contributed by atoms with Crippen molar-refractivity contribution in [1.29, 1.82) is 0 Å². The fraction of sp³-hybridized carbons (Fsp3) is 0.235. The molecule has 12 heteroatoms. The van der Waals surface area contributed by atoms with Crippen molar-refractivity contribution in [2.24, 2.45) is 0 Å². The summed E-state index contributed by atoms with van der Waals surface area (Å²) in [5, 5.41) is 14.4. The molecule has 1 amide bonds. The van der Waals surface area contributed by atoms with Crippen molar-refractivity contribution < 1.29 is 27.4 Å². The third-order valence-corrected chi connectivity index (χ3v) is 5.83. The lowest BCUT2D eigenvalue weighted by atomic mass is 10.1. The number of amides is 1. The first kappa shape index (κ1) is 21.5. The molecule has 0 unspecified atom stereocenters. The van der Waals surface area contributed by atoms with E-state index in [1.54, 1.807) is 6.07 Å². The third-order valence-electron chi connectivity index (χ3n) is 4.10. The van der Waals surface area contributed by atoms with E-state index in [2.05, 4.69) is 20.1 Å². The molecule has 156 valence electrons. The number of fused-ring (bicyclic) bond motifs is 1. The Morgan fingerprint density at radius 2 is 2.07 bits per heavy atom. The number of nitrogens with one attached hydrogen (secondary N) is 4. The number of aliphatic hydroxyl groups excluding tert-OH is 1. The Labute approximate surface area is 180 Å². The van der Waals surface area contributed by atoms with Gasteiger partial charge in [0, 0.05) is 22.2 Å². The number of carbonyl (C=O) groups excluding carboxylic acids is 1. The molecule has 3 rings (SSSR count). The number of carbonyl (C=O) groups is 1. The number of hydrogen-bond acceptors (Lipinski definition) is 6. The second-order valence-electron chi connectivity index (χ2n) is 6.01. The monoisotopic (exact) mass is 536 g/mol. The van der Waals surface area contributed by atoms with Gasteiger partial charge >= 0.3 is 0 Å². The Morgan fingerprint density at radius 3 is 2.72 bits per heavy atom. The average Bonchev–Trinajstić information content (AvgIpc) is 3.03. The Bertz CT molecular complexity index is 1060. The summed E-state index contributed by atoms with van der Waals surface area (Å²) in [4.78, 5) is 12.1. The largest absolute Gasteiger partial charge is 0.494 e. The molecule has 1 heterocycles. The minimum Gasteiger partial charge on any atom is -0.494 e. The molecule has 0 saturated heterocycles. The van der Waals surface area contributed by atoms with Crippen molar-refractivity contribution in [3.63, 3.8) is 0 Å². The number of hydrogen-bond donors (Lipinski definition) is 5. The van der Waals surface area contributed by atoms with Gasteiger partial charge in [-0.1, -0.05) is 0 Å². The summed E-state index contributed by atoms with van der Waals surface area (Å²) in [7, 11) is -2.73. The number of methoxy groups -OCH3 is 1. The van der Waals surface area contributed by atoms with Crippen LogP contribution in [-0.4, -0.2) is 39.7 Å². The van der Waals surface area contributed by atoms with E-state index in [0.29, 0.717) is 14.7 Å². The van der Waals surface area contributed by atoms with Crippen molar-refractivity contribution in [2.45, 2.75) is 6.54 Å². The number of aliphatic hydroxyl groups is 1. The maximum atomic E-state index is 14.3. The highest BCUT2D eigenvalue weighted by molar-refractivity contribution is 14.1. The summed E-state index contributed by atoms with van der Waals surface area (Å²) < 4.78 is 49.6. The minimum atomic E-state index is -4.07. The van der Waals surface area contributed by atoms with Crippen LogP contribution in [0.4, 0.5) is 21.5 Å². The predicted molar refractivity (Wildman–Crippen MR) is 114 cm³/mol. The normalized spacial score (nSPS) is 13.0. The molecule has 0 spiro atoms. The van der Waals surface area contributed by atoms with Crippen LogP contribution in [0.15, 0.2) is 24.3 Å². The molecule has 9 nitrogen and oxygen atoms in total. The molecule has 5 N–H and O–H groups in total. The number of anilines is 3. The van der Waals surface area contributed by atoms with Gasteiger partial charge in [0.2, 0.25) is 0 Å². The van der Waals surface area contributed by atoms with Gasteiger partial charge in [-0.2, -0.15) is 13.1 Å². The van der Waals surface area contributed by atoms with Gasteiger partial charge in [0.25, 0.3) is 16.1 Å². The molecule has 1 aliphatic rings. The SMILES string of the molecule is COc1c2c(cc(Nc3ccc(I)cc3F)c1NS(=O)(=O)NCCO)C(=O)NC2. The summed E-state index contributed by atoms with van der Waals surface area (Å²) in [6.07, 6.45) is 0. The van der Waals surface area contributed by atoms with Gasteiger partial charge in [-0.3, -0.25) is 9.52 Å². The first-order chi connectivity index (χ1) is 13.8. The molecule has 0 atom stereocenters. The summed E-state index contributed by atoms with van der Waals surface area (Å²) >= 11 is 1.97. The van der Waals surface area contributed by atoms with E-state index in [1.165, 1.54) is 25.3 Å². The highest BCUT2D eigenvalue weighted by Crippen LogP contribution is 2.42. The first-order valence-electron chi connectivity index (χ1n) is 8.38. The van der Waals surface area contributed by atoms with Gasteiger partial charge in [0.15, 0.2) is 5.75 Å². The minimum absolute atomic E-state index is 0.00568. The molecule has 2 aromatic carbocycles. The summed E-state index contributed by atoms with van der Waals surface area (Å²) in [5.74, 6) is -0.770. The Morgan fingerprint density at radius 1 is 1.31 bits per heavy atom. The van der Waals surface area contributed by atoms with Crippen LogP contribution in [0, 0.1) is 9.39 Å². The van der Waals surface area contributed by atoms with Gasteiger partial charge in [0.1, 0.15) is 11.5 Å². The first-order valence-corrected chi connectivity index (χ1v) is 10.9. The standard InChI is InChI=1S/C17H18FIN4O5S/c1-28-16-11-8-20-17(25)10(11)7-14(15(16)23-29(26,27)21-4-5-24)22-13-3-2-9(19)6-12(13)18/h2-3,6-7,21-24H,4-5,8H2,1H3,(H,20,25). The lowest BCUT2D eigenvalue weighted by molar-refractivity contribution is 0.0965. The zero-order valence-corrected chi connectivity index (χ0v) is 18.1. The van der Waals surface area contributed by atoms with Gasteiger partial charge < -0.3 is 20.5 Å². The van der Waals surface area contributed by atoms with Crippen LogP contribution >= 0.6 is 22.6 Å². The molecule has 29 heavy (non-hydrogen) atoms. The van der Waals surface area contributed by atoms with Crippen molar-refractivity contribution in [1.82, 2.24) is 10.0 Å². The van der Waals surface area contributed by atoms with Crippen LogP contribution in [0.25, 0.3) is 0 Å². The number of halogens is 2. The van der Waals surface area contributed by atoms with E-state index < -0.39 is 16.0 Å². The average molecular weight is 536 g/mol. The Balaban J connectivity index is 2.12. The van der Waals surface area contributed by atoms with Crippen LogP contribution in [0.5, 0.6) is 5.75 Å². The van der Waals surface area contributed by atoms with Crippen molar-refractivity contribution in [3.05, 3.63) is 44.8 Å². The van der Waals surface area contributed by atoms with E-state index in [0.717, 1.165) is 0 Å². The second-order valence-corrected chi connectivity index (χ2v) is 8.76. The molecule has 0 saturated carbocycles. The quantitative estimate of drug-likeness (QED) is 0.327. The van der Waals surface area contributed by atoms with Crippen molar-refractivity contribution in [2.75, 3.05) is 30.3 Å². The highest BCUT2D eigenvalue weighted by atomic mass is 127. The maximum absolute atomic E-state index is 14.3. The van der Waals surface area contributed by atoms with Crippen LogP contribution in [0.1, 0.15) is 15.9 Å². The van der Waals surface area contributed by atoms with Gasteiger partial charge in [-0.15, -0.1) is 0 Å². The molecule has 0 fully saturated rings. The van der Waals surface area contributed by atoms with Crippen molar-refractivity contribution in [3.8, 4) is 5.75 Å². The summed E-state index contributed by atoms with van der Waals surface area (Å²) in [6, 6.07) is 5.92.